The average molecular weight is 289 g/mol. The molecule has 1 aromatic carbocycles. The number of benzene rings is 1. The van der Waals surface area contributed by atoms with E-state index in [-0.39, 0.29) is 11.5 Å². The fraction of sp³-hybridized carbons (Fsp3) is 0.611. The molecule has 116 valence electrons. The molecule has 1 N–H and O–H groups in total. The number of ketones is 1. The molecule has 2 rings (SSSR count). The van der Waals surface area contributed by atoms with Crippen molar-refractivity contribution in [1.82, 2.24) is 4.90 Å². The van der Waals surface area contributed by atoms with E-state index >= 15 is 0 Å². The molecular weight excluding hydrogens is 262 g/mol. The standard InChI is InChI=1S/C18H27NO2/c1-13(20)14-5-6-17(21)15(11-14)12-19-9-7-16(8-10-19)18(2,3)4/h5-6,11,16,21H,7-10,12H2,1-4H3. The highest BCUT2D eigenvalue weighted by Gasteiger charge is 2.28. The van der Waals surface area contributed by atoms with Gasteiger partial charge >= 0.3 is 0 Å². The van der Waals surface area contributed by atoms with Gasteiger partial charge in [0.2, 0.25) is 0 Å². The molecule has 21 heavy (non-hydrogen) atoms. The Morgan fingerprint density at radius 1 is 1.29 bits per heavy atom. The average Bonchev–Trinajstić information content (AvgIpc) is 2.40. The molecular formula is C18H27NO2. The van der Waals surface area contributed by atoms with Gasteiger partial charge in [-0.25, -0.2) is 0 Å². The summed E-state index contributed by atoms with van der Waals surface area (Å²) in [5, 5.41) is 9.99. The first-order chi connectivity index (χ1) is 9.77. The number of nitrogens with zero attached hydrogens (tertiary/aromatic N) is 1. The number of phenolic OH excluding ortho intramolecular Hbond substituents is 1. The number of piperidine rings is 1. The molecule has 0 amide bonds. The topological polar surface area (TPSA) is 40.5 Å². The summed E-state index contributed by atoms with van der Waals surface area (Å²) in [5.74, 6) is 1.10. The van der Waals surface area contributed by atoms with E-state index in [9.17, 15) is 9.90 Å². The van der Waals surface area contributed by atoms with Gasteiger partial charge < -0.3 is 5.11 Å². The quantitative estimate of drug-likeness (QED) is 0.859. The number of hydrogen-bond acceptors (Lipinski definition) is 3. The highest BCUT2D eigenvalue weighted by molar-refractivity contribution is 5.94. The van der Waals surface area contributed by atoms with Gasteiger partial charge in [-0.2, -0.15) is 0 Å². The van der Waals surface area contributed by atoms with Crippen molar-refractivity contribution in [2.45, 2.75) is 47.1 Å². The Morgan fingerprint density at radius 2 is 1.90 bits per heavy atom. The molecule has 3 heteroatoms. The predicted octanol–water partition coefficient (Wildman–Crippen LogP) is 3.85. The third-order valence-corrected chi connectivity index (χ3v) is 4.69. The number of phenols is 1. The van der Waals surface area contributed by atoms with Crippen molar-refractivity contribution < 1.29 is 9.90 Å². The first-order valence-corrected chi connectivity index (χ1v) is 7.82. The van der Waals surface area contributed by atoms with Crippen LogP contribution in [-0.4, -0.2) is 28.9 Å². The minimum atomic E-state index is 0.0442. The lowest BCUT2D eigenvalue weighted by Crippen LogP contribution is -2.37. The van der Waals surface area contributed by atoms with Crippen LogP contribution in [0.3, 0.4) is 0 Å². The fourth-order valence-corrected chi connectivity index (χ4v) is 3.13. The molecule has 1 aromatic rings. The maximum atomic E-state index is 11.5. The van der Waals surface area contributed by atoms with Gasteiger partial charge in [0.05, 0.1) is 0 Å². The first-order valence-electron chi connectivity index (χ1n) is 7.82. The van der Waals surface area contributed by atoms with Crippen LogP contribution in [0.15, 0.2) is 18.2 Å². The minimum absolute atomic E-state index is 0.0442. The van der Waals surface area contributed by atoms with Crippen LogP contribution in [0, 0.1) is 11.3 Å². The molecule has 0 saturated carbocycles. The summed E-state index contributed by atoms with van der Waals surface area (Å²) in [5.41, 5.74) is 1.91. The number of rotatable bonds is 3. The Labute approximate surface area is 128 Å². The summed E-state index contributed by atoms with van der Waals surface area (Å²) >= 11 is 0. The summed E-state index contributed by atoms with van der Waals surface area (Å²) in [6.07, 6.45) is 2.41. The van der Waals surface area contributed by atoms with Crippen molar-refractivity contribution >= 4 is 5.78 Å². The number of carbonyl (C=O) groups is 1. The van der Waals surface area contributed by atoms with Gasteiger partial charge in [0.25, 0.3) is 0 Å². The molecule has 1 aliphatic rings. The minimum Gasteiger partial charge on any atom is -0.508 e. The number of carbonyl (C=O) groups excluding carboxylic acids is 1. The van der Waals surface area contributed by atoms with Crippen molar-refractivity contribution in [1.29, 1.82) is 0 Å². The van der Waals surface area contributed by atoms with E-state index in [1.807, 2.05) is 6.07 Å². The molecule has 1 fully saturated rings. The van der Waals surface area contributed by atoms with E-state index in [4.69, 9.17) is 0 Å². The number of likely N-dealkylation sites (tertiary alicyclic amines) is 1. The SMILES string of the molecule is CC(=O)c1ccc(O)c(CN2CCC(C(C)(C)C)CC2)c1. The highest BCUT2D eigenvalue weighted by Crippen LogP contribution is 2.35. The van der Waals surface area contributed by atoms with E-state index in [1.54, 1.807) is 19.1 Å². The van der Waals surface area contributed by atoms with Crippen LogP contribution in [-0.2, 0) is 6.54 Å². The predicted molar refractivity (Wildman–Crippen MR) is 85.6 cm³/mol. The van der Waals surface area contributed by atoms with Crippen LogP contribution >= 0.6 is 0 Å². The van der Waals surface area contributed by atoms with Gasteiger partial charge in [-0.15, -0.1) is 0 Å². The Morgan fingerprint density at radius 3 is 2.43 bits per heavy atom. The van der Waals surface area contributed by atoms with Crippen molar-refractivity contribution in [3.05, 3.63) is 29.3 Å². The van der Waals surface area contributed by atoms with Crippen LogP contribution in [0.25, 0.3) is 0 Å². The normalized spacial score (nSPS) is 17.9. The van der Waals surface area contributed by atoms with Crippen molar-refractivity contribution in [3.63, 3.8) is 0 Å². The summed E-state index contributed by atoms with van der Waals surface area (Å²) in [6, 6.07) is 5.15. The van der Waals surface area contributed by atoms with E-state index in [0.29, 0.717) is 11.0 Å². The number of hydrogen-bond donors (Lipinski definition) is 1. The largest absolute Gasteiger partial charge is 0.508 e. The fourth-order valence-electron chi connectivity index (χ4n) is 3.13. The lowest BCUT2D eigenvalue weighted by molar-refractivity contribution is 0.101. The smallest absolute Gasteiger partial charge is 0.159 e. The second kappa shape index (κ2) is 6.18. The summed E-state index contributed by atoms with van der Waals surface area (Å²) in [4.78, 5) is 13.8. The second-order valence-electron chi connectivity index (χ2n) is 7.32. The van der Waals surface area contributed by atoms with E-state index in [2.05, 4.69) is 25.7 Å². The van der Waals surface area contributed by atoms with E-state index in [0.717, 1.165) is 31.1 Å². The third kappa shape index (κ3) is 4.07. The molecule has 1 heterocycles. The molecule has 1 saturated heterocycles. The van der Waals surface area contributed by atoms with Crippen LogP contribution in [0.1, 0.15) is 56.5 Å². The van der Waals surface area contributed by atoms with E-state index in [1.165, 1.54) is 12.8 Å². The number of Topliss-reactive ketones (excluding diaryl/α,β-unsaturated/α-hetero) is 1. The molecule has 0 unspecified atom stereocenters. The summed E-state index contributed by atoms with van der Waals surface area (Å²) in [7, 11) is 0. The van der Waals surface area contributed by atoms with E-state index < -0.39 is 0 Å². The van der Waals surface area contributed by atoms with Gasteiger partial charge in [0.1, 0.15) is 5.75 Å². The monoisotopic (exact) mass is 289 g/mol. The van der Waals surface area contributed by atoms with Gasteiger partial charge in [-0.3, -0.25) is 9.69 Å². The molecule has 0 bridgehead atoms. The van der Waals surface area contributed by atoms with Gasteiger partial charge in [-0.1, -0.05) is 20.8 Å². The Bertz CT molecular complexity index is 508. The second-order valence-corrected chi connectivity index (χ2v) is 7.32. The zero-order chi connectivity index (χ0) is 15.6. The third-order valence-electron chi connectivity index (χ3n) is 4.69. The van der Waals surface area contributed by atoms with Crippen molar-refractivity contribution in [3.8, 4) is 5.75 Å². The molecule has 0 spiro atoms. The number of aromatic hydroxyl groups is 1. The van der Waals surface area contributed by atoms with Crippen LogP contribution in [0.2, 0.25) is 0 Å². The van der Waals surface area contributed by atoms with Crippen molar-refractivity contribution in [2.75, 3.05) is 13.1 Å². The lowest BCUT2D eigenvalue weighted by atomic mass is 9.75. The molecule has 0 atom stereocenters. The highest BCUT2D eigenvalue weighted by atomic mass is 16.3. The van der Waals surface area contributed by atoms with Gasteiger partial charge in [-0.05, 0) is 62.4 Å². The zero-order valence-electron chi connectivity index (χ0n) is 13.6. The molecule has 3 nitrogen and oxygen atoms in total. The Hall–Kier alpha value is -1.35. The van der Waals surface area contributed by atoms with Crippen molar-refractivity contribution in [2.24, 2.45) is 11.3 Å². The Balaban J connectivity index is 2.01. The summed E-state index contributed by atoms with van der Waals surface area (Å²) < 4.78 is 0. The molecule has 0 aromatic heterocycles. The van der Waals surface area contributed by atoms with Gasteiger partial charge in [0.15, 0.2) is 5.78 Å². The summed E-state index contributed by atoms with van der Waals surface area (Å²) in [6.45, 7) is 11.4. The van der Waals surface area contributed by atoms with Gasteiger partial charge in [0, 0.05) is 17.7 Å². The zero-order valence-corrected chi connectivity index (χ0v) is 13.6. The first kappa shape index (κ1) is 16.0. The Kier molecular flexibility index (Phi) is 4.72. The van der Waals surface area contributed by atoms with Crippen LogP contribution < -0.4 is 0 Å². The molecule has 0 aliphatic carbocycles. The molecule has 1 aliphatic heterocycles. The lowest BCUT2D eigenvalue weighted by Gasteiger charge is -2.38. The maximum absolute atomic E-state index is 11.5. The van der Waals surface area contributed by atoms with Crippen LogP contribution in [0.5, 0.6) is 5.75 Å². The maximum Gasteiger partial charge on any atom is 0.159 e. The molecule has 0 radical (unpaired) electrons. The van der Waals surface area contributed by atoms with Crippen LogP contribution in [0.4, 0.5) is 0 Å².